The van der Waals surface area contributed by atoms with Gasteiger partial charge in [0.25, 0.3) is 5.91 Å². The van der Waals surface area contributed by atoms with E-state index in [2.05, 4.69) is 15.8 Å². The van der Waals surface area contributed by atoms with E-state index in [9.17, 15) is 14.0 Å². The summed E-state index contributed by atoms with van der Waals surface area (Å²) < 4.78 is 26.2. The Labute approximate surface area is 276 Å². The topological polar surface area (TPSA) is 150 Å². The Hall–Kier alpha value is -5.78. The van der Waals surface area contributed by atoms with E-state index in [1.807, 2.05) is 56.3 Å². The van der Waals surface area contributed by atoms with Gasteiger partial charge in [0.05, 0.1) is 47.2 Å². The van der Waals surface area contributed by atoms with Gasteiger partial charge in [-0.3, -0.25) is 19.3 Å². The Morgan fingerprint density at radius 3 is 2.56 bits per heavy atom. The smallest absolute Gasteiger partial charge is 0.270 e. The van der Waals surface area contributed by atoms with E-state index in [-0.39, 0.29) is 23.9 Å². The van der Waals surface area contributed by atoms with Crippen molar-refractivity contribution in [3.8, 4) is 16.9 Å². The van der Waals surface area contributed by atoms with Crippen LogP contribution in [-0.2, 0) is 11.3 Å². The molecule has 2 amide bonds. The summed E-state index contributed by atoms with van der Waals surface area (Å²) in [5.74, 6) is 0.360. The molecule has 3 heterocycles. The molecule has 0 saturated heterocycles. The SMILES string of the molecule is COc1cc2c(cc1-c1c(C)noc1C)ncc1c(C(=O)NCCCCCC(=O)Nc3ccc(F)cc3N)n(Cc3ccccc3)nc12. The number of halogens is 1. The molecule has 4 N–H and O–H groups in total. The lowest BCUT2D eigenvalue weighted by Crippen LogP contribution is -2.27. The molecule has 246 valence electrons. The van der Waals surface area contributed by atoms with E-state index in [1.54, 1.807) is 18.0 Å². The van der Waals surface area contributed by atoms with Crippen LogP contribution in [0.2, 0.25) is 0 Å². The van der Waals surface area contributed by atoms with Crippen molar-refractivity contribution in [3.05, 3.63) is 95.4 Å². The first kappa shape index (κ1) is 32.2. The highest BCUT2D eigenvalue weighted by atomic mass is 19.1. The zero-order valence-electron chi connectivity index (χ0n) is 27.0. The molecule has 6 aromatic rings. The molecule has 0 aliphatic carbocycles. The van der Waals surface area contributed by atoms with Gasteiger partial charge in [0.1, 0.15) is 28.5 Å². The number of unbranched alkanes of at least 4 members (excludes halogenated alkanes) is 2. The number of aromatic nitrogens is 4. The van der Waals surface area contributed by atoms with Gasteiger partial charge in [-0.1, -0.05) is 41.9 Å². The molecule has 6 rings (SSSR count). The Morgan fingerprint density at radius 1 is 1.02 bits per heavy atom. The lowest BCUT2D eigenvalue weighted by Gasteiger charge is -2.10. The van der Waals surface area contributed by atoms with Crippen LogP contribution in [-0.4, -0.2) is 45.4 Å². The number of fused-ring (bicyclic) bond motifs is 3. The summed E-state index contributed by atoms with van der Waals surface area (Å²) in [7, 11) is 1.61. The molecule has 0 aliphatic rings. The van der Waals surface area contributed by atoms with E-state index in [4.69, 9.17) is 25.1 Å². The Bertz CT molecular complexity index is 2100. The minimum Gasteiger partial charge on any atom is -0.496 e. The van der Waals surface area contributed by atoms with Gasteiger partial charge >= 0.3 is 0 Å². The van der Waals surface area contributed by atoms with Gasteiger partial charge in [-0.05, 0) is 62.6 Å². The number of nitrogens with zero attached hydrogens (tertiary/aromatic N) is 4. The van der Waals surface area contributed by atoms with Crippen molar-refractivity contribution in [3.63, 3.8) is 0 Å². The highest BCUT2D eigenvalue weighted by molar-refractivity contribution is 6.13. The normalized spacial score (nSPS) is 11.2. The number of ether oxygens (including phenoxy) is 1. The van der Waals surface area contributed by atoms with Gasteiger partial charge in [0.2, 0.25) is 5.91 Å². The van der Waals surface area contributed by atoms with Crippen molar-refractivity contribution < 1.29 is 23.2 Å². The van der Waals surface area contributed by atoms with Crippen molar-refractivity contribution >= 4 is 45.0 Å². The predicted molar refractivity (Wildman–Crippen MR) is 182 cm³/mol. The molecule has 0 bridgehead atoms. The van der Waals surface area contributed by atoms with Crippen molar-refractivity contribution in [1.29, 1.82) is 0 Å². The van der Waals surface area contributed by atoms with Crippen LogP contribution in [0.25, 0.3) is 32.9 Å². The fourth-order valence-electron chi connectivity index (χ4n) is 5.87. The van der Waals surface area contributed by atoms with Crippen molar-refractivity contribution in [1.82, 2.24) is 25.2 Å². The van der Waals surface area contributed by atoms with Crippen LogP contribution in [0.3, 0.4) is 0 Å². The van der Waals surface area contributed by atoms with E-state index < -0.39 is 5.82 Å². The maximum atomic E-state index is 13.7. The maximum absolute atomic E-state index is 13.7. The number of rotatable bonds is 12. The van der Waals surface area contributed by atoms with E-state index in [1.165, 1.54) is 18.2 Å². The number of nitrogens with one attached hydrogen (secondary N) is 2. The number of methoxy groups -OCH3 is 1. The first-order valence-corrected chi connectivity index (χ1v) is 15.7. The third kappa shape index (κ3) is 6.68. The number of hydrogen-bond donors (Lipinski definition) is 3. The van der Waals surface area contributed by atoms with Crippen LogP contribution < -0.4 is 21.1 Å². The largest absolute Gasteiger partial charge is 0.496 e. The molecular weight excluding hydrogens is 613 g/mol. The van der Waals surface area contributed by atoms with Crippen LogP contribution in [0.15, 0.2) is 71.4 Å². The highest BCUT2D eigenvalue weighted by Crippen LogP contribution is 2.39. The number of pyridine rings is 1. The summed E-state index contributed by atoms with van der Waals surface area (Å²) in [6, 6.07) is 17.5. The zero-order chi connectivity index (χ0) is 33.8. The summed E-state index contributed by atoms with van der Waals surface area (Å²) in [5.41, 5.74) is 11.5. The van der Waals surface area contributed by atoms with E-state index >= 15 is 0 Å². The number of nitrogen functional groups attached to an aromatic ring is 1. The number of benzene rings is 3. The molecule has 3 aromatic heterocycles. The van der Waals surface area contributed by atoms with Crippen LogP contribution in [0.4, 0.5) is 15.8 Å². The number of nitrogens with two attached hydrogens (primary N) is 1. The molecule has 0 spiro atoms. The van der Waals surface area contributed by atoms with E-state index in [0.29, 0.717) is 65.2 Å². The summed E-state index contributed by atoms with van der Waals surface area (Å²) >= 11 is 0. The summed E-state index contributed by atoms with van der Waals surface area (Å²) in [4.78, 5) is 30.8. The van der Waals surface area contributed by atoms with Crippen molar-refractivity contribution in [2.75, 3.05) is 24.7 Å². The number of amides is 2. The number of carbonyl (C=O) groups is 2. The lowest BCUT2D eigenvalue weighted by atomic mass is 10.00. The zero-order valence-corrected chi connectivity index (χ0v) is 27.0. The average molecular weight is 650 g/mol. The van der Waals surface area contributed by atoms with Gasteiger partial charge in [-0.2, -0.15) is 5.10 Å². The molecule has 0 saturated carbocycles. The Kier molecular flexibility index (Phi) is 9.33. The maximum Gasteiger partial charge on any atom is 0.270 e. The molecule has 12 heteroatoms. The third-order valence-electron chi connectivity index (χ3n) is 8.24. The molecule has 0 fully saturated rings. The minimum atomic E-state index is -0.462. The second-order valence-corrected chi connectivity index (χ2v) is 11.6. The highest BCUT2D eigenvalue weighted by Gasteiger charge is 2.23. The van der Waals surface area contributed by atoms with E-state index in [0.717, 1.165) is 34.2 Å². The quantitative estimate of drug-likeness (QED) is 0.0996. The van der Waals surface area contributed by atoms with Crippen LogP contribution in [0.1, 0.15) is 53.2 Å². The minimum absolute atomic E-state index is 0.175. The number of hydrogen-bond acceptors (Lipinski definition) is 8. The predicted octanol–water partition coefficient (Wildman–Crippen LogP) is 6.56. The van der Waals surface area contributed by atoms with Gasteiger partial charge < -0.3 is 25.6 Å². The number of carbonyl (C=O) groups excluding carboxylic acids is 2. The lowest BCUT2D eigenvalue weighted by molar-refractivity contribution is -0.116. The molecule has 0 unspecified atom stereocenters. The molecule has 48 heavy (non-hydrogen) atoms. The van der Waals surface area contributed by atoms with Gasteiger partial charge in [0.15, 0.2) is 0 Å². The molecule has 3 aromatic carbocycles. The van der Waals surface area contributed by atoms with Crippen LogP contribution in [0.5, 0.6) is 5.75 Å². The second-order valence-electron chi connectivity index (χ2n) is 11.6. The van der Waals surface area contributed by atoms with Crippen molar-refractivity contribution in [2.24, 2.45) is 0 Å². The standard InChI is InChI=1S/C36H36FN7O4/c1-21-33(22(2)48-43-21)26-17-30-25(18-31(26)47-3)34-27(19-40-30)35(44(42-34)20-23-10-6-4-7-11-23)36(46)39-15-9-5-8-12-32(45)41-29-14-13-24(37)16-28(29)38/h4,6-7,10-11,13-14,16-19H,5,8-9,12,15,20,38H2,1-3H3,(H,39,46)(H,41,45). The fraction of sp³-hybridized carbons (Fsp3) is 0.250. The number of aryl methyl sites for hydroxylation is 2. The average Bonchev–Trinajstić information content (AvgIpc) is 3.61. The Balaban J connectivity index is 1.20. The second kappa shape index (κ2) is 13.9. The summed E-state index contributed by atoms with van der Waals surface area (Å²) in [5, 5.41) is 16.2. The first-order valence-electron chi connectivity index (χ1n) is 15.7. The molecule has 11 nitrogen and oxygen atoms in total. The molecule has 0 atom stereocenters. The van der Waals surface area contributed by atoms with Crippen LogP contribution >= 0.6 is 0 Å². The third-order valence-corrected chi connectivity index (χ3v) is 8.24. The monoisotopic (exact) mass is 649 g/mol. The number of anilines is 2. The summed E-state index contributed by atoms with van der Waals surface area (Å²) in [6.45, 7) is 4.54. The molecule has 0 radical (unpaired) electrons. The summed E-state index contributed by atoms with van der Waals surface area (Å²) in [6.07, 6.45) is 3.98. The van der Waals surface area contributed by atoms with Crippen LogP contribution in [0, 0.1) is 19.7 Å². The van der Waals surface area contributed by atoms with Gasteiger partial charge in [-0.15, -0.1) is 0 Å². The van der Waals surface area contributed by atoms with Gasteiger partial charge in [-0.25, -0.2) is 4.39 Å². The fourth-order valence-corrected chi connectivity index (χ4v) is 5.87. The molecular formula is C36H36FN7O4. The molecule has 0 aliphatic heterocycles. The Morgan fingerprint density at radius 2 is 1.83 bits per heavy atom. The van der Waals surface area contributed by atoms with Crippen molar-refractivity contribution in [2.45, 2.75) is 46.1 Å². The first-order chi connectivity index (χ1) is 23.2. The van der Waals surface area contributed by atoms with Gasteiger partial charge in [0, 0.05) is 30.1 Å².